The van der Waals surface area contributed by atoms with Gasteiger partial charge >= 0.3 is 0 Å². The van der Waals surface area contributed by atoms with Gasteiger partial charge in [-0.3, -0.25) is 19.3 Å². The minimum absolute atomic E-state index is 0.0329. The van der Waals surface area contributed by atoms with Crippen LogP contribution >= 0.6 is 0 Å². The fourth-order valence-corrected chi connectivity index (χ4v) is 2.62. The Hall–Kier alpha value is -3.15. The molecule has 0 bridgehead atoms. The molecule has 1 aliphatic rings. The molecule has 2 amide bonds. The van der Waals surface area contributed by atoms with Crippen LogP contribution in [0.25, 0.3) is 0 Å². The Morgan fingerprint density at radius 3 is 2.64 bits per heavy atom. The lowest BCUT2D eigenvalue weighted by molar-refractivity contribution is -0.123. The van der Waals surface area contributed by atoms with Crippen molar-refractivity contribution in [1.29, 1.82) is 0 Å². The monoisotopic (exact) mass is 338 g/mol. The van der Waals surface area contributed by atoms with E-state index in [1.165, 1.54) is 4.90 Å². The van der Waals surface area contributed by atoms with Crippen molar-refractivity contribution in [2.45, 2.75) is 13.3 Å². The summed E-state index contributed by atoms with van der Waals surface area (Å²) in [5.41, 5.74) is 1.59. The smallest absolute Gasteiger partial charge is 0.265 e. The minimum Gasteiger partial charge on any atom is -0.482 e. The zero-order chi connectivity index (χ0) is 17.8. The first-order valence-electron chi connectivity index (χ1n) is 8.04. The molecule has 2 aromatic carbocycles. The van der Waals surface area contributed by atoms with Crippen molar-refractivity contribution in [3.05, 3.63) is 54.1 Å². The van der Waals surface area contributed by atoms with Crippen LogP contribution in [0.1, 0.15) is 23.7 Å². The Labute approximate surface area is 145 Å². The van der Waals surface area contributed by atoms with Crippen LogP contribution in [0.2, 0.25) is 0 Å². The lowest BCUT2D eigenvalue weighted by Crippen LogP contribution is -2.43. The summed E-state index contributed by atoms with van der Waals surface area (Å²) in [5.74, 6) is -0.189. The maximum atomic E-state index is 12.3. The van der Waals surface area contributed by atoms with Crippen LogP contribution in [0.4, 0.5) is 11.4 Å². The number of nitrogens with one attached hydrogen (secondary N) is 1. The number of ketones is 1. The van der Waals surface area contributed by atoms with Crippen molar-refractivity contribution >= 4 is 29.0 Å². The third-order valence-corrected chi connectivity index (χ3v) is 3.90. The number of hydrogen-bond donors (Lipinski definition) is 1. The zero-order valence-electron chi connectivity index (χ0n) is 13.8. The van der Waals surface area contributed by atoms with Crippen LogP contribution in [0.15, 0.2) is 48.5 Å². The number of ether oxygens (including phenoxy) is 1. The van der Waals surface area contributed by atoms with Gasteiger partial charge in [-0.05, 0) is 30.3 Å². The van der Waals surface area contributed by atoms with E-state index < -0.39 is 0 Å². The van der Waals surface area contributed by atoms with Crippen LogP contribution in [-0.4, -0.2) is 30.7 Å². The normalized spacial score (nSPS) is 13.0. The van der Waals surface area contributed by atoms with Gasteiger partial charge in [0.25, 0.3) is 5.91 Å². The molecular formula is C19H18N2O4. The second-order valence-corrected chi connectivity index (χ2v) is 5.64. The first-order valence-corrected chi connectivity index (χ1v) is 8.04. The van der Waals surface area contributed by atoms with Crippen LogP contribution in [0, 0.1) is 0 Å². The van der Waals surface area contributed by atoms with E-state index in [-0.39, 0.29) is 30.7 Å². The number of benzene rings is 2. The van der Waals surface area contributed by atoms with Crippen molar-refractivity contribution in [2.75, 3.05) is 23.4 Å². The fraction of sp³-hybridized carbons (Fsp3) is 0.211. The molecule has 3 rings (SSSR count). The molecule has 0 saturated carbocycles. The van der Waals surface area contributed by atoms with Gasteiger partial charge < -0.3 is 10.1 Å². The van der Waals surface area contributed by atoms with Gasteiger partial charge in [-0.15, -0.1) is 0 Å². The SMILES string of the molecule is CCC(=O)c1ccc2c(c1)N(CC(=O)Nc1ccccc1)C(=O)CO2. The highest BCUT2D eigenvalue weighted by atomic mass is 16.5. The molecule has 1 heterocycles. The summed E-state index contributed by atoms with van der Waals surface area (Å²) in [6.07, 6.45) is 0.363. The molecular weight excluding hydrogens is 320 g/mol. The number of fused-ring (bicyclic) bond motifs is 1. The highest BCUT2D eigenvalue weighted by molar-refractivity contribution is 6.06. The average Bonchev–Trinajstić information content (AvgIpc) is 2.64. The van der Waals surface area contributed by atoms with Gasteiger partial charge in [0.15, 0.2) is 12.4 Å². The predicted molar refractivity (Wildman–Crippen MR) is 94.0 cm³/mol. The molecule has 0 aromatic heterocycles. The maximum Gasteiger partial charge on any atom is 0.265 e. The van der Waals surface area contributed by atoms with E-state index in [9.17, 15) is 14.4 Å². The molecule has 6 nitrogen and oxygen atoms in total. The third kappa shape index (κ3) is 3.68. The van der Waals surface area contributed by atoms with Crippen LogP contribution in [-0.2, 0) is 9.59 Å². The molecule has 128 valence electrons. The molecule has 25 heavy (non-hydrogen) atoms. The van der Waals surface area contributed by atoms with Crippen LogP contribution in [0.5, 0.6) is 5.75 Å². The lowest BCUT2D eigenvalue weighted by Gasteiger charge is -2.29. The first-order chi connectivity index (χ1) is 12.1. The number of hydrogen-bond acceptors (Lipinski definition) is 4. The van der Waals surface area contributed by atoms with E-state index in [0.29, 0.717) is 29.1 Å². The van der Waals surface area contributed by atoms with E-state index >= 15 is 0 Å². The average molecular weight is 338 g/mol. The summed E-state index contributed by atoms with van der Waals surface area (Å²) >= 11 is 0. The van der Waals surface area contributed by atoms with Gasteiger partial charge in [-0.2, -0.15) is 0 Å². The molecule has 2 aromatic rings. The largest absolute Gasteiger partial charge is 0.482 e. The Bertz CT molecular complexity index is 817. The van der Waals surface area contributed by atoms with Crippen LogP contribution in [0.3, 0.4) is 0 Å². The van der Waals surface area contributed by atoms with Gasteiger partial charge in [0, 0.05) is 17.7 Å². The number of rotatable bonds is 5. The summed E-state index contributed by atoms with van der Waals surface area (Å²) in [4.78, 5) is 37.8. The third-order valence-electron chi connectivity index (χ3n) is 3.90. The van der Waals surface area contributed by atoms with Crippen molar-refractivity contribution < 1.29 is 19.1 Å². The Balaban J connectivity index is 1.83. The van der Waals surface area contributed by atoms with Crippen molar-refractivity contribution in [3.63, 3.8) is 0 Å². The van der Waals surface area contributed by atoms with Crippen molar-refractivity contribution in [1.82, 2.24) is 0 Å². The molecule has 0 unspecified atom stereocenters. The van der Waals surface area contributed by atoms with E-state index in [2.05, 4.69) is 5.32 Å². The quantitative estimate of drug-likeness (QED) is 0.851. The Morgan fingerprint density at radius 1 is 1.16 bits per heavy atom. The van der Waals surface area contributed by atoms with Gasteiger partial charge in [-0.25, -0.2) is 0 Å². The number of para-hydroxylation sites is 1. The van der Waals surface area contributed by atoms with E-state index in [0.717, 1.165) is 0 Å². The second kappa shape index (κ2) is 7.17. The molecule has 1 aliphatic heterocycles. The maximum absolute atomic E-state index is 12.3. The van der Waals surface area contributed by atoms with Gasteiger partial charge in [0.1, 0.15) is 12.3 Å². The fourth-order valence-electron chi connectivity index (χ4n) is 2.62. The Kier molecular flexibility index (Phi) is 4.79. The van der Waals surface area contributed by atoms with Crippen LogP contribution < -0.4 is 15.0 Å². The summed E-state index contributed by atoms with van der Waals surface area (Å²) in [6, 6.07) is 13.9. The number of carbonyl (C=O) groups is 3. The van der Waals surface area contributed by atoms with E-state index in [4.69, 9.17) is 4.74 Å². The van der Waals surface area contributed by atoms with Crippen molar-refractivity contribution in [3.8, 4) is 5.75 Å². The lowest BCUT2D eigenvalue weighted by atomic mass is 10.1. The van der Waals surface area contributed by atoms with Crippen molar-refractivity contribution in [2.24, 2.45) is 0 Å². The molecule has 6 heteroatoms. The standard InChI is InChI=1S/C19H18N2O4/c1-2-16(22)13-8-9-17-15(10-13)21(19(24)12-25-17)11-18(23)20-14-6-4-3-5-7-14/h3-10H,2,11-12H2,1H3,(H,20,23). The molecule has 0 fully saturated rings. The molecule has 1 N–H and O–H groups in total. The molecule has 0 radical (unpaired) electrons. The number of nitrogens with zero attached hydrogens (tertiary/aromatic N) is 1. The summed E-state index contributed by atoms with van der Waals surface area (Å²) in [5, 5.41) is 2.75. The second-order valence-electron chi connectivity index (χ2n) is 5.64. The highest BCUT2D eigenvalue weighted by Crippen LogP contribution is 2.33. The molecule has 0 saturated heterocycles. The van der Waals surface area contributed by atoms with E-state index in [1.807, 2.05) is 18.2 Å². The summed E-state index contributed by atoms with van der Waals surface area (Å²) in [6.45, 7) is 1.50. The topological polar surface area (TPSA) is 75.7 Å². The predicted octanol–water partition coefficient (Wildman–Crippen LogP) is 2.64. The number of Topliss-reactive ketones (excluding diaryl/α,β-unsaturated/α-hetero) is 1. The number of carbonyl (C=O) groups excluding carboxylic acids is 3. The van der Waals surface area contributed by atoms with Gasteiger partial charge in [0.05, 0.1) is 5.69 Å². The molecule has 0 spiro atoms. The molecule has 0 atom stereocenters. The number of amides is 2. The van der Waals surface area contributed by atoms with E-state index in [1.54, 1.807) is 37.3 Å². The highest BCUT2D eigenvalue weighted by Gasteiger charge is 2.28. The summed E-state index contributed by atoms with van der Waals surface area (Å²) in [7, 11) is 0. The zero-order valence-corrected chi connectivity index (χ0v) is 13.8. The molecule has 0 aliphatic carbocycles. The Morgan fingerprint density at radius 2 is 1.92 bits per heavy atom. The first kappa shape index (κ1) is 16.7. The van der Waals surface area contributed by atoms with Gasteiger partial charge in [-0.1, -0.05) is 25.1 Å². The van der Waals surface area contributed by atoms with Gasteiger partial charge in [0.2, 0.25) is 5.91 Å². The summed E-state index contributed by atoms with van der Waals surface area (Å²) < 4.78 is 5.40. The number of anilines is 2. The minimum atomic E-state index is -0.322.